The highest BCUT2D eigenvalue weighted by Gasteiger charge is 2.15. The number of nitro groups is 1. The number of benzene rings is 2. The van der Waals surface area contributed by atoms with Gasteiger partial charge in [-0.05, 0) is 23.8 Å². The lowest BCUT2D eigenvalue weighted by atomic mass is 10.2. The number of nitrogens with zero attached hydrogens (tertiary/aromatic N) is 2. The van der Waals surface area contributed by atoms with Crippen molar-refractivity contribution in [1.29, 1.82) is 5.26 Å². The molecule has 0 heterocycles. The van der Waals surface area contributed by atoms with E-state index in [1.54, 1.807) is 6.08 Å². The van der Waals surface area contributed by atoms with Gasteiger partial charge in [-0.1, -0.05) is 36.4 Å². The van der Waals surface area contributed by atoms with Crippen LogP contribution in [0.2, 0.25) is 0 Å². The van der Waals surface area contributed by atoms with Gasteiger partial charge < -0.3 is 4.74 Å². The number of hydrogen-bond acceptors (Lipinski definition) is 4. The largest absolute Gasteiger partial charge is 0.483 e. The highest BCUT2D eigenvalue weighted by Crippen LogP contribution is 2.27. The molecule has 104 valence electrons. The predicted octanol–water partition coefficient (Wildman–Crippen LogP) is 3.56. The Hall–Kier alpha value is -3.13. The number of nitro benzene ring substituents is 1. The molecule has 0 aromatic heterocycles. The summed E-state index contributed by atoms with van der Waals surface area (Å²) >= 11 is 0. The monoisotopic (exact) mass is 280 g/mol. The molecule has 0 saturated heterocycles. The van der Waals surface area contributed by atoms with Crippen LogP contribution in [0.5, 0.6) is 5.75 Å². The fourth-order valence-electron chi connectivity index (χ4n) is 1.74. The van der Waals surface area contributed by atoms with Gasteiger partial charge >= 0.3 is 5.69 Å². The first kappa shape index (κ1) is 14.3. The summed E-state index contributed by atoms with van der Waals surface area (Å²) in [7, 11) is 0. The zero-order chi connectivity index (χ0) is 15.1. The maximum atomic E-state index is 10.9. The summed E-state index contributed by atoms with van der Waals surface area (Å²) in [5.41, 5.74) is 1.05. The van der Waals surface area contributed by atoms with Gasteiger partial charge in [-0.3, -0.25) is 10.1 Å². The fraction of sp³-hybridized carbons (Fsp3) is 0.0625. The number of nitriles is 1. The topological polar surface area (TPSA) is 76.2 Å². The first-order valence-corrected chi connectivity index (χ1v) is 6.23. The normalized spacial score (nSPS) is 10.2. The molecule has 2 aromatic rings. The van der Waals surface area contributed by atoms with Gasteiger partial charge in [0.2, 0.25) is 0 Å². The average Bonchev–Trinajstić information content (AvgIpc) is 2.52. The molecule has 5 nitrogen and oxygen atoms in total. The van der Waals surface area contributed by atoms with E-state index in [2.05, 4.69) is 0 Å². The summed E-state index contributed by atoms with van der Waals surface area (Å²) in [5.74, 6) is 0.150. The highest BCUT2D eigenvalue weighted by atomic mass is 16.6. The van der Waals surface area contributed by atoms with E-state index in [4.69, 9.17) is 10.00 Å². The summed E-state index contributed by atoms with van der Waals surface area (Å²) in [5, 5.41) is 19.7. The summed E-state index contributed by atoms with van der Waals surface area (Å²) in [6.07, 6.45) is 3.65. The fourth-order valence-corrected chi connectivity index (χ4v) is 1.74. The number of rotatable bonds is 5. The van der Waals surface area contributed by atoms with Crippen molar-refractivity contribution >= 4 is 11.8 Å². The number of ether oxygens (including phenoxy) is 1. The molecule has 0 bridgehead atoms. The van der Waals surface area contributed by atoms with E-state index < -0.39 is 4.92 Å². The van der Waals surface area contributed by atoms with E-state index in [0.717, 1.165) is 5.56 Å². The van der Waals surface area contributed by atoms with Crippen molar-refractivity contribution < 1.29 is 9.66 Å². The van der Waals surface area contributed by atoms with Gasteiger partial charge in [0.25, 0.3) is 0 Å². The minimum atomic E-state index is -0.558. The van der Waals surface area contributed by atoms with Crippen LogP contribution in [0.1, 0.15) is 11.1 Å². The molecule has 0 radical (unpaired) electrons. The third kappa shape index (κ3) is 3.91. The minimum absolute atomic E-state index is 0.150. The maximum absolute atomic E-state index is 10.9. The summed E-state index contributed by atoms with van der Waals surface area (Å²) in [6.45, 7) is 0.210. The Kier molecular flexibility index (Phi) is 4.67. The van der Waals surface area contributed by atoms with E-state index in [1.807, 2.05) is 42.5 Å². The lowest BCUT2D eigenvalue weighted by molar-refractivity contribution is -0.385. The van der Waals surface area contributed by atoms with Gasteiger partial charge in [0.1, 0.15) is 6.61 Å². The van der Waals surface area contributed by atoms with Crippen LogP contribution in [0.4, 0.5) is 5.69 Å². The molecule has 0 N–H and O–H groups in total. The van der Waals surface area contributed by atoms with Crippen LogP contribution < -0.4 is 4.74 Å². The van der Waals surface area contributed by atoms with Crippen molar-refractivity contribution in [2.45, 2.75) is 0 Å². The Balaban J connectivity index is 2.05. The Morgan fingerprint density at radius 2 is 2.00 bits per heavy atom. The van der Waals surface area contributed by atoms with Crippen LogP contribution in [0.15, 0.2) is 54.6 Å². The van der Waals surface area contributed by atoms with Crippen LogP contribution in [-0.4, -0.2) is 11.5 Å². The first-order valence-electron chi connectivity index (χ1n) is 6.23. The molecule has 2 rings (SSSR count). The van der Waals surface area contributed by atoms with E-state index in [9.17, 15) is 10.1 Å². The molecule has 0 aliphatic heterocycles. The van der Waals surface area contributed by atoms with Crippen molar-refractivity contribution in [3.05, 3.63) is 75.8 Å². The zero-order valence-corrected chi connectivity index (χ0v) is 11.1. The maximum Gasteiger partial charge on any atom is 0.312 e. The summed E-state index contributed by atoms with van der Waals surface area (Å²) in [6, 6.07) is 15.7. The third-order valence-corrected chi connectivity index (χ3v) is 2.73. The standard InChI is InChI=1S/C16H12N2O3/c17-12-14-8-9-16(15(11-14)18(19)20)21-10-4-7-13-5-2-1-3-6-13/h1-9,11H,10H2/b7-4+. The molecule has 0 unspecified atom stereocenters. The predicted molar refractivity (Wildman–Crippen MR) is 78.8 cm³/mol. The van der Waals surface area contributed by atoms with Gasteiger partial charge in [-0.15, -0.1) is 0 Å². The van der Waals surface area contributed by atoms with Crippen LogP contribution in [0.25, 0.3) is 6.08 Å². The third-order valence-electron chi connectivity index (χ3n) is 2.73. The van der Waals surface area contributed by atoms with Gasteiger partial charge in [0.05, 0.1) is 16.6 Å². The van der Waals surface area contributed by atoms with Crippen molar-refractivity contribution in [2.75, 3.05) is 6.61 Å². The quantitative estimate of drug-likeness (QED) is 0.619. The second-order valence-electron chi connectivity index (χ2n) is 4.18. The molecule has 5 heteroatoms. The Morgan fingerprint density at radius 3 is 2.67 bits per heavy atom. The molecular formula is C16H12N2O3. The molecular weight excluding hydrogens is 268 g/mol. The minimum Gasteiger partial charge on any atom is -0.483 e. The number of hydrogen-bond donors (Lipinski definition) is 0. The smallest absolute Gasteiger partial charge is 0.312 e. The van der Waals surface area contributed by atoms with E-state index in [-0.39, 0.29) is 23.6 Å². The van der Waals surface area contributed by atoms with Crippen LogP contribution >= 0.6 is 0 Å². The summed E-state index contributed by atoms with van der Waals surface area (Å²) in [4.78, 5) is 10.4. The van der Waals surface area contributed by atoms with Crippen LogP contribution in [0.3, 0.4) is 0 Å². The van der Waals surface area contributed by atoms with Gasteiger partial charge in [-0.2, -0.15) is 5.26 Å². The van der Waals surface area contributed by atoms with Crippen molar-refractivity contribution in [3.8, 4) is 11.8 Å². The van der Waals surface area contributed by atoms with Crippen molar-refractivity contribution in [1.82, 2.24) is 0 Å². The lowest BCUT2D eigenvalue weighted by Gasteiger charge is -2.04. The zero-order valence-electron chi connectivity index (χ0n) is 11.1. The lowest BCUT2D eigenvalue weighted by Crippen LogP contribution is -1.98. The average molecular weight is 280 g/mol. The first-order chi connectivity index (χ1) is 10.2. The van der Waals surface area contributed by atoms with E-state index in [0.29, 0.717) is 0 Å². The van der Waals surface area contributed by atoms with Gasteiger partial charge in [-0.25, -0.2) is 0 Å². The van der Waals surface area contributed by atoms with E-state index in [1.165, 1.54) is 18.2 Å². The summed E-state index contributed by atoms with van der Waals surface area (Å²) < 4.78 is 5.38. The molecule has 0 aliphatic rings. The molecule has 0 aliphatic carbocycles. The van der Waals surface area contributed by atoms with Gasteiger partial charge in [0.15, 0.2) is 5.75 Å². The molecule has 0 saturated carbocycles. The van der Waals surface area contributed by atoms with Gasteiger partial charge in [0, 0.05) is 6.07 Å². The molecule has 2 aromatic carbocycles. The van der Waals surface area contributed by atoms with Crippen molar-refractivity contribution in [3.63, 3.8) is 0 Å². The van der Waals surface area contributed by atoms with E-state index >= 15 is 0 Å². The Labute approximate surface area is 121 Å². The SMILES string of the molecule is N#Cc1ccc(OC/C=C/c2ccccc2)c([N+](=O)[O-])c1. The Bertz CT molecular complexity index is 703. The molecule has 0 spiro atoms. The second kappa shape index (κ2) is 6.87. The van der Waals surface area contributed by atoms with Crippen LogP contribution in [0, 0.1) is 21.4 Å². The second-order valence-corrected chi connectivity index (χ2v) is 4.18. The Morgan fingerprint density at radius 1 is 1.24 bits per heavy atom. The van der Waals surface area contributed by atoms with Crippen LogP contribution in [-0.2, 0) is 0 Å². The molecule has 0 atom stereocenters. The molecule has 21 heavy (non-hydrogen) atoms. The highest BCUT2D eigenvalue weighted by molar-refractivity contribution is 5.52. The molecule has 0 fully saturated rings. The molecule has 0 amide bonds. The van der Waals surface area contributed by atoms with Crippen molar-refractivity contribution in [2.24, 2.45) is 0 Å².